The second-order valence-electron chi connectivity index (χ2n) is 4.61. The molecule has 1 aromatic carbocycles. The number of thiophene rings is 1. The van der Waals surface area contributed by atoms with E-state index in [1.807, 2.05) is 25.2 Å². The molecule has 0 aliphatic heterocycles. The second-order valence-corrected chi connectivity index (χ2v) is 5.35. The largest absolute Gasteiger partial charge is 0.491 e. The van der Waals surface area contributed by atoms with Crippen LogP contribution in [0.2, 0.25) is 0 Å². The fourth-order valence-electron chi connectivity index (χ4n) is 2.23. The lowest BCUT2D eigenvalue weighted by atomic mass is 9.98. The Labute approximate surface area is 124 Å². The van der Waals surface area contributed by atoms with Crippen molar-refractivity contribution >= 4 is 11.3 Å². The number of aryl methyl sites for hydroxylation is 1. The average Bonchev–Trinajstić information content (AvgIpc) is 2.88. The van der Waals surface area contributed by atoms with E-state index in [9.17, 15) is 0 Å². The molecule has 1 heterocycles. The Hall–Kier alpha value is -1.36. The smallest absolute Gasteiger partial charge is 0.124 e. The predicted octanol–water partition coefficient (Wildman–Crippen LogP) is 3.39. The minimum atomic E-state index is 0.153. The van der Waals surface area contributed by atoms with Crippen LogP contribution in [0.5, 0.6) is 5.75 Å². The number of benzene rings is 1. The predicted molar refractivity (Wildman–Crippen MR) is 83.8 cm³/mol. The third-order valence-corrected chi connectivity index (χ3v) is 4.15. The van der Waals surface area contributed by atoms with Gasteiger partial charge in [0.1, 0.15) is 12.4 Å². The lowest BCUT2D eigenvalue weighted by molar-refractivity contribution is 0.145. The summed E-state index contributed by atoms with van der Waals surface area (Å²) in [5.41, 5.74) is 3.77. The molecule has 0 amide bonds. The monoisotopic (exact) mass is 291 g/mol. The zero-order valence-corrected chi connectivity index (χ0v) is 13.0. The first-order valence-corrected chi connectivity index (χ1v) is 7.62. The molecule has 3 nitrogen and oxygen atoms in total. The highest BCUT2D eigenvalue weighted by Crippen LogP contribution is 2.32. The van der Waals surface area contributed by atoms with Crippen molar-refractivity contribution < 1.29 is 9.47 Å². The number of para-hydroxylation sites is 1. The Morgan fingerprint density at radius 3 is 2.60 bits per heavy atom. The van der Waals surface area contributed by atoms with Crippen LogP contribution >= 0.6 is 11.3 Å². The molecule has 0 saturated carbocycles. The van der Waals surface area contributed by atoms with Crippen molar-refractivity contribution in [1.29, 1.82) is 0 Å². The normalized spacial score (nSPS) is 12.3. The third-order valence-electron chi connectivity index (χ3n) is 3.27. The Bertz CT molecular complexity index is 539. The van der Waals surface area contributed by atoms with Crippen molar-refractivity contribution in [3.05, 3.63) is 51.7 Å². The van der Waals surface area contributed by atoms with Crippen LogP contribution in [0.4, 0.5) is 0 Å². The van der Waals surface area contributed by atoms with E-state index in [4.69, 9.17) is 9.47 Å². The van der Waals surface area contributed by atoms with Gasteiger partial charge in [0.2, 0.25) is 0 Å². The van der Waals surface area contributed by atoms with Gasteiger partial charge in [-0.05, 0) is 41.9 Å². The first-order chi connectivity index (χ1) is 9.77. The summed E-state index contributed by atoms with van der Waals surface area (Å²) in [7, 11) is 3.66. The van der Waals surface area contributed by atoms with Gasteiger partial charge in [-0.3, -0.25) is 0 Å². The van der Waals surface area contributed by atoms with Crippen LogP contribution in [-0.4, -0.2) is 27.4 Å². The molecule has 2 rings (SSSR count). The molecular weight excluding hydrogens is 270 g/mol. The highest BCUT2D eigenvalue weighted by atomic mass is 32.1. The van der Waals surface area contributed by atoms with E-state index in [-0.39, 0.29) is 6.04 Å². The van der Waals surface area contributed by atoms with Gasteiger partial charge < -0.3 is 14.8 Å². The van der Waals surface area contributed by atoms with Crippen molar-refractivity contribution in [2.45, 2.75) is 13.0 Å². The van der Waals surface area contributed by atoms with Crippen LogP contribution in [0.25, 0.3) is 0 Å². The van der Waals surface area contributed by atoms with Crippen molar-refractivity contribution in [2.75, 3.05) is 27.4 Å². The number of methoxy groups -OCH3 is 1. The summed E-state index contributed by atoms with van der Waals surface area (Å²) >= 11 is 1.73. The Morgan fingerprint density at radius 2 is 1.95 bits per heavy atom. The van der Waals surface area contributed by atoms with Crippen LogP contribution < -0.4 is 10.1 Å². The fraction of sp³-hybridized carbons (Fsp3) is 0.375. The summed E-state index contributed by atoms with van der Waals surface area (Å²) < 4.78 is 10.9. The topological polar surface area (TPSA) is 30.5 Å². The molecule has 1 aromatic heterocycles. The summed E-state index contributed by atoms with van der Waals surface area (Å²) in [5.74, 6) is 0.912. The van der Waals surface area contributed by atoms with E-state index in [0.717, 1.165) is 11.3 Å². The van der Waals surface area contributed by atoms with E-state index in [1.54, 1.807) is 18.4 Å². The van der Waals surface area contributed by atoms with Crippen LogP contribution in [0.15, 0.2) is 35.0 Å². The van der Waals surface area contributed by atoms with Gasteiger partial charge in [0, 0.05) is 12.7 Å². The number of ether oxygens (including phenoxy) is 2. The molecule has 0 fully saturated rings. The van der Waals surface area contributed by atoms with Gasteiger partial charge in [0.05, 0.1) is 12.6 Å². The van der Waals surface area contributed by atoms with Gasteiger partial charge in [-0.1, -0.05) is 18.2 Å². The highest BCUT2D eigenvalue weighted by Gasteiger charge is 2.18. The maximum Gasteiger partial charge on any atom is 0.124 e. The molecule has 0 aliphatic rings. The van der Waals surface area contributed by atoms with E-state index < -0.39 is 0 Å². The maximum absolute atomic E-state index is 5.84. The zero-order chi connectivity index (χ0) is 14.4. The summed E-state index contributed by atoms with van der Waals surface area (Å²) in [6.45, 7) is 3.30. The molecule has 0 spiro atoms. The van der Waals surface area contributed by atoms with Gasteiger partial charge in [-0.2, -0.15) is 11.3 Å². The summed E-state index contributed by atoms with van der Waals surface area (Å²) in [4.78, 5) is 0. The molecule has 20 heavy (non-hydrogen) atoms. The lowest BCUT2D eigenvalue weighted by Crippen LogP contribution is -2.19. The zero-order valence-electron chi connectivity index (χ0n) is 12.2. The minimum Gasteiger partial charge on any atom is -0.491 e. The summed E-state index contributed by atoms with van der Waals surface area (Å²) in [6.07, 6.45) is 0. The summed E-state index contributed by atoms with van der Waals surface area (Å²) in [6, 6.07) is 8.32. The molecule has 1 atom stereocenters. The first kappa shape index (κ1) is 15.0. The minimum absolute atomic E-state index is 0.153. The molecule has 1 N–H and O–H groups in total. The van der Waals surface area contributed by atoms with Crippen molar-refractivity contribution in [3.63, 3.8) is 0 Å². The number of hydrogen-bond acceptors (Lipinski definition) is 4. The molecule has 0 radical (unpaired) electrons. The van der Waals surface area contributed by atoms with Gasteiger partial charge in [-0.15, -0.1) is 0 Å². The van der Waals surface area contributed by atoms with Crippen molar-refractivity contribution in [2.24, 2.45) is 0 Å². The number of hydrogen-bond donors (Lipinski definition) is 1. The Morgan fingerprint density at radius 1 is 1.15 bits per heavy atom. The third kappa shape index (κ3) is 3.39. The SMILES string of the molecule is CNC(c1cscc1C)c1ccccc1OCCOC. The Balaban J connectivity index is 2.28. The lowest BCUT2D eigenvalue weighted by Gasteiger charge is -2.20. The quantitative estimate of drug-likeness (QED) is 0.793. The van der Waals surface area contributed by atoms with E-state index in [1.165, 1.54) is 11.1 Å². The number of rotatable bonds is 7. The molecule has 0 aliphatic carbocycles. The molecular formula is C16H21NO2S. The van der Waals surface area contributed by atoms with E-state index in [0.29, 0.717) is 13.2 Å². The van der Waals surface area contributed by atoms with Crippen LogP contribution in [0.3, 0.4) is 0 Å². The molecule has 108 valence electrons. The van der Waals surface area contributed by atoms with Crippen LogP contribution in [-0.2, 0) is 4.74 Å². The van der Waals surface area contributed by atoms with Crippen molar-refractivity contribution in [3.8, 4) is 5.75 Å². The van der Waals surface area contributed by atoms with E-state index in [2.05, 4.69) is 29.1 Å². The standard InChI is InChI=1S/C16H21NO2S/c1-12-10-20-11-14(12)16(17-2)13-6-4-5-7-15(13)19-9-8-18-3/h4-7,10-11,16-17H,8-9H2,1-3H3. The van der Waals surface area contributed by atoms with Crippen molar-refractivity contribution in [1.82, 2.24) is 5.32 Å². The van der Waals surface area contributed by atoms with Gasteiger partial charge in [0.25, 0.3) is 0 Å². The second kappa shape index (κ2) is 7.43. The van der Waals surface area contributed by atoms with Gasteiger partial charge >= 0.3 is 0 Å². The average molecular weight is 291 g/mol. The van der Waals surface area contributed by atoms with Gasteiger partial charge in [-0.25, -0.2) is 0 Å². The fourth-order valence-corrected chi connectivity index (χ4v) is 3.11. The molecule has 4 heteroatoms. The highest BCUT2D eigenvalue weighted by molar-refractivity contribution is 7.08. The maximum atomic E-state index is 5.84. The Kier molecular flexibility index (Phi) is 5.59. The molecule has 1 unspecified atom stereocenters. The molecule has 0 saturated heterocycles. The first-order valence-electron chi connectivity index (χ1n) is 6.68. The molecule has 2 aromatic rings. The summed E-state index contributed by atoms with van der Waals surface area (Å²) in [5, 5.41) is 7.76. The van der Waals surface area contributed by atoms with Gasteiger partial charge in [0.15, 0.2) is 0 Å². The number of nitrogens with one attached hydrogen (secondary N) is 1. The van der Waals surface area contributed by atoms with Crippen LogP contribution in [0.1, 0.15) is 22.7 Å². The molecule has 0 bridgehead atoms. The van der Waals surface area contributed by atoms with E-state index >= 15 is 0 Å². The van der Waals surface area contributed by atoms with Crippen LogP contribution in [0, 0.1) is 6.92 Å².